The van der Waals surface area contributed by atoms with Crippen LogP contribution in [0.3, 0.4) is 0 Å². The van der Waals surface area contributed by atoms with Gasteiger partial charge in [0.15, 0.2) is 6.10 Å². The van der Waals surface area contributed by atoms with Crippen LogP contribution in [0.1, 0.15) is 11.7 Å². The molecule has 1 aromatic rings. The maximum absolute atomic E-state index is 12.0. The Balaban J connectivity index is 3.08. The summed E-state index contributed by atoms with van der Waals surface area (Å²) < 4.78 is 36.0. The van der Waals surface area contributed by atoms with E-state index in [9.17, 15) is 13.2 Å². The van der Waals surface area contributed by atoms with Gasteiger partial charge in [0.25, 0.3) is 0 Å². The minimum atomic E-state index is -4.84. The fraction of sp³-hybridized carbons (Fsp3) is 0.250. The second-order valence-electron chi connectivity index (χ2n) is 2.69. The lowest BCUT2D eigenvalue weighted by Gasteiger charge is -2.15. The Hall–Kier alpha value is -1.43. The summed E-state index contributed by atoms with van der Waals surface area (Å²) in [7, 11) is 0. The summed E-state index contributed by atoms with van der Waals surface area (Å²) in [5, 5.41) is 26.6. The summed E-state index contributed by atoms with van der Waals surface area (Å²) in [5.74, 6) is -1.17. The predicted molar refractivity (Wildman–Crippen MR) is 40.8 cm³/mol. The highest BCUT2D eigenvalue weighted by Gasteiger charge is 2.40. The van der Waals surface area contributed by atoms with Crippen LogP contribution < -0.4 is 0 Å². The van der Waals surface area contributed by atoms with E-state index < -0.39 is 23.6 Å². The van der Waals surface area contributed by atoms with E-state index in [0.29, 0.717) is 0 Å². The van der Waals surface area contributed by atoms with Crippen molar-refractivity contribution in [2.75, 3.05) is 0 Å². The largest absolute Gasteiger partial charge is 0.508 e. The molecule has 1 aromatic carbocycles. The van der Waals surface area contributed by atoms with Gasteiger partial charge in [-0.05, 0) is 12.1 Å². The molecule has 14 heavy (non-hydrogen) atoms. The second-order valence-corrected chi connectivity index (χ2v) is 2.69. The van der Waals surface area contributed by atoms with Gasteiger partial charge in [0.05, 0.1) is 0 Å². The van der Waals surface area contributed by atoms with Crippen LogP contribution in [-0.4, -0.2) is 21.5 Å². The van der Waals surface area contributed by atoms with Gasteiger partial charge in [-0.1, -0.05) is 0 Å². The molecule has 78 valence electrons. The molecule has 1 unspecified atom stereocenters. The average Bonchev–Trinajstić information content (AvgIpc) is 2.01. The molecule has 3 N–H and O–H groups in total. The number of aliphatic hydroxyl groups excluding tert-OH is 1. The monoisotopic (exact) mass is 208 g/mol. The van der Waals surface area contributed by atoms with E-state index in [4.69, 9.17) is 15.3 Å². The number of aromatic hydroxyl groups is 2. The Labute approximate surface area is 77.0 Å². The SMILES string of the molecule is Oc1ccc(C(O)C(F)(F)F)c(O)c1. The van der Waals surface area contributed by atoms with E-state index in [2.05, 4.69) is 0 Å². The van der Waals surface area contributed by atoms with Crippen LogP contribution in [0.2, 0.25) is 0 Å². The molecule has 0 amide bonds. The first-order valence-corrected chi connectivity index (χ1v) is 3.59. The van der Waals surface area contributed by atoms with E-state index in [-0.39, 0.29) is 5.75 Å². The number of hydrogen-bond donors (Lipinski definition) is 3. The summed E-state index contributed by atoms with van der Waals surface area (Å²) in [6, 6.07) is 2.48. The minimum absolute atomic E-state index is 0.374. The molecule has 0 fully saturated rings. The van der Waals surface area contributed by atoms with E-state index in [1.807, 2.05) is 0 Å². The lowest BCUT2D eigenvalue weighted by molar-refractivity contribution is -0.207. The minimum Gasteiger partial charge on any atom is -0.508 e. The molecule has 3 nitrogen and oxygen atoms in total. The molecule has 0 bridgehead atoms. The van der Waals surface area contributed by atoms with E-state index >= 15 is 0 Å². The maximum atomic E-state index is 12.0. The molecule has 0 heterocycles. The lowest BCUT2D eigenvalue weighted by Crippen LogP contribution is -2.20. The zero-order chi connectivity index (χ0) is 10.9. The highest BCUT2D eigenvalue weighted by atomic mass is 19.4. The third-order valence-electron chi connectivity index (χ3n) is 1.62. The molecule has 0 radical (unpaired) electrons. The zero-order valence-corrected chi connectivity index (χ0v) is 6.78. The van der Waals surface area contributed by atoms with Gasteiger partial charge in [0.1, 0.15) is 11.5 Å². The maximum Gasteiger partial charge on any atom is 0.418 e. The highest BCUT2D eigenvalue weighted by Crippen LogP contribution is 2.37. The van der Waals surface area contributed by atoms with Gasteiger partial charge in [-0.15, -0.1) is 0 Å². The van der Waals surface area contributed by atoms with Gasteiger partial charge in [0, 0.05) is 11.6 Å². The Bertz CT molecular complexity index is 335. The zero-order valence-electron chi connectivity index (χ0n) is 6.78. The van der Waals surface area contributed by atoms with Crippen molar-refractivity contribution in [3.8, 4) is 11.5 Å². The van der Waals surface area contributed by atoms with Gasteiger partial charge in [0.2, 0.25) is 0 Å². The summed E-state index contributed by atoms with van der Waals surface area (Å²) in [5.41, 5.74) is -0.685. The number of benzene rings is 1. The first kappa shape index (κ1) is 10.6. The quantitative estimate of drug-likeness (QED) is 0.658. The molecule has 1 rings (SSSR count). The Morgan fingerprint density at radius 2 is 1.71 bits per heavy atom. The molecule has 6 heteroatoms. The fourth-order valence-electron chi connectivity index (χ4n) is 0.940. The van der Waals surface area contributed by atoms with Gasteiger partial charge in [-0.3, -0.25) is 0 Å². The molecule has 0 aliphatic carbocycles. The number of phenols is 2. The van der Waals surface area contributed by atoms with Gasteiger partial charge < -0.3 is 15.3 Å². The summed E-state index contributed by atoms with van der Waals surface area (Å²) in [6.07, 6.45) is -7.59. The van der Waals surface area contributed by atoms with Gasteiger partial charge in [-0.2, -0.15) is 13.2 Å². The lowest BCUT2D eigenvalue weighted by atomic mass is 10.1. The van der Waals surface area contributed by atoms with Crippen molar-refractivity contribution in [3.63, 3.8) is 0 Å². The average molecular weight is 208 g/mol. The topological polar surface area (TPSA) is 60.7 Å². The van der Waals surface area contributed by atoms with Crippen molar-refractivity contribution >= 4 is 0 Å². The molecule has 0 aliphatic rings. The van der Waals surface area contributed by atoms with Crippen LogP contribution in [0, 0.1) is 0 Å². The molecule has 0 aliphatic heterocycles. The molecule has 0 saturated heterocycles. The number of rotatable bonds is 1. The van der Waals surface area contributed by atoms with Gasteiger partial charge in [-0.25, -0.2) is 0 Å². The van der Waals surface area contributed by atoms with Crippen LogP contribution in [0.15, 0.2) is 18.2 Å². The predicted octanol–water partition coefficient (Wildman–Crippen LogP) is 1.69. The van der Waals surface area contributed by atoms with Crippen molar-refractivity contribution in [1.29, 1.82) is 0 Å². The number of aliphatic hydroxyl groups is 1. The Morgan fingerprint density at radius 3 is 2.14 bits per heavy atom. The van der Waals surface area contributed by atoms with Crippen LogP contribution in [0.4, 0.5) is 13.2 Å². The number of phenolic OH excluding ortho intramolecular Hbond substituents is 2. The standard InChI is InChI=1S/C8H7F3O3/c9-8(10,11)7(14)5-2-1-4(12)3-6(5)13/h1-3,7,12-14H. The molecule has 0 aromatic heterocycles. The molecular weight excluding hydrogens is 201 g/mol. The third kappa shape index (κ3) is 2.08. The highest BCUT2D eigenvalue weighted by molar-refractivity contribution is 5.40. The van der Waals surface area contributed by atoms with E-state index in [1.54, 1.807) is 0 Å². The van der Waals surface area contributed by atoms with Crippen molar-refractivity contribution < 1.29 is 28.5 Å². The van der Waals surface area contributed by atoms with Crippen LogP contribution in [0.5, 0.6) is 11.5 Å². The second kappa shape index (κ2) is 3.38. The normalized spacial score (nSPS) is 14.0. The Kier molecular flexibility index (Phi) is 2.57. The fourth-order valence-corrected chi connectivity index (χ4v) is 0.940. The van der Waals surface area contributed by atoms with Crippen LogP contribution in [-0.2, 0) is 0 Å². The summed E-state index contributed by atoms with van der Waals surface area (Å²) in [4.78, 5) is 0. The number of hydrogen-bond acceptors (Lipinski definition) is 3. The number of halogens is 3. The van der Waals surface area contributed by atoms with Crippen LogP contribution >= 0.6 is 0 Å². The smallest absolute Gasteiger partial charge is 0.418 e. The molecular formula is C8H7F3O3. The van der Waals surface area contributed by atoms with E-state index in [0.717, 1.165) is 18.2 Å². The van der Waals surface area contributed by atoms with Crippen molar-refractivity contribution in [2.45, 2.75) is 12.3 Å². The third-order valence-corrected chi connectivity index (χ3v) is 1.62. The Morgan fingerprint density at radius 1 is 1.14 bits per heavy atom. The summed E-state index contributed by atoms with van der Waals surface area (Å²) >= 11 is 0. The first-order valence-electron chi connectivity index (χ1n) is 3.59. The summed E-state index contributed by atoms with van der Waals surface area (Å²) in [6.45, 7) is 0. The molecule has 0 spiro atoms. The van der Waals surface area contributed by atoms with Crippen LogP contribution in [0.25, 0.3) is 0 Å². The molecule has 0 saturated carbocycles. The first-order chi connectivity index (χ1) is 6.32. The van der Waals surface area contributed by atoms with Crippen molar-refractivity contribution in [3.05, 3.63) is 23.8 Å². The molecule has 1 atom stereocenters. The van der Waals surface area contributed by atoms with Gasteiger partial charge >= 0.3 is 6.18 Å². The van der Waals surface area contributed by atoms with E-state index in [1.165, 1.54) is 0 Å². The number of alkyl halides is 3. The van der Waals surface area contributed by atoms with Crippen molar-refractivity contribution in [1.82, 2.24) is 0 Å². The van der Waals surface area contributed by atoms with Crippen molar-refractivity contribution in [2.24, 2.45) is 0 Å².